The molecule has 0 radical (unpaired) electrons. The minimum absolute atomic E-state index is 0.174. The fourth-order valence-electron chi connectivity index (χ4n) is 4.49. The summed E-state index contributed by atoms with van der Waals surface area (Å²) in [4.78, 5) is 17.6. The highest BCUT2D eigenvalue weighted by Gasteiger charge is 2.28. The van der Waals surface area contributed by atoms with Gasteiger partial charge in [-0.15, -0.1) is 0 Å². The highest BCUT2D eigenvalue weighted by atomic mass is 16.2. The summed E-state index contributed by atoms with van der Waals surface area (Å²) in [7, 11) is 0. The summed E-state index contributed by atoms with van der Waals surface area (Å²) in [6.45, 7) is 10.4. The summed E-state index contributed by atoms with van der Waals surface area (Å²) in [6, 6.07) is 10.7. The van der Waals surface area contributed by atoms with Gasteiger partial charge in [0.2, 0.25) is 5.91 Å². The summed E-state index contributed by atoms with van der Waals surface area (Å²) in [5.41, 5.74) is 1.26. The SMILES string of the molecule is CC(C)CN1CCN(CC(=O)NC(c2ccccc2)C2CCCC2)CC1. The van der Waals surface area contributed by atoms with Crippen LogP contribution in [-0.2, 0) is 4.79 Å². The average molecular weight is 358 g/mol. The standard InChI is InChI=1S/C22H35N3O/c1-18(2)16-24-12-14-25(15-13-24)17-21(26)23-22(20-10-6-7-11-20)19-8-4-3-5-9-19/h3-5,8-9,18,20,22H,6-7,10-17H2,1-2H3,(H,23,26). The van der Waals surface area contributed by atoms with E-state index in [4.69, 9.17) is 0 Å². The van der Waals surface area contributed by atoms with Gasteiger partial charge in [-0.05, 0) is 30.2 Å². The van der Waals surface area contributed by atoms with E-state index in [2.05, 4.69) is 53.2 Å². The number of piperazine rings is 1. The van der Waals surface area contributed by atoms with Crippen molar-refractivity contribution in [1.82, 2.24) is 15.1 Å². The molecule has 2 fully saturated rings. The second-order valence-corrected chi connectivity index (χ2v) is 8.47. The van der Waals surface area contributed by atoms with E-state index in [1.165, 1.54) is 31.2 Å². The van der Waals surface area contributed by atoms with Crippen molar-refractivity contribution in [3.8, 4) is 0 Å². The molecular formula is C22H35N3O. The number of carbonyl (C=O) groups is 1. The van der Waals surface area contributed by atoms with E-state index in [0.717, 1.165) is 32.7 Å². The Hall–Kier alpha value is -1.39. The molecule has 2 aliphatic rings. The third-order valence-corrected chi connectivity index (χ3v) is 5.80. The molecule has 26 heavy (non-hydrogen) atoms. The first-order chi connectivity index (χ1) is 12.6. The Morgan fingerprint density at radius 1 is 1.04 bits per heavy atom. The Morgan fingerprint density at radius 3 is 2.27 bits per heavy atom. The van der Waals surface area contributed by atoms with Crippen LogP contribution in [-0.4, -0.2) is 55.0 Å². The van der Waals surface area contributed by atoms with Gasteiger partial charge < -0.3 is 10.2 Å². The van der Waals surface area contributed by atoms with Gasteiger partial charge in [-0.2, -0.15) is 0 Å². The maximum atomic E-state index is 12.7. The van der Waals surface area contributed by atoms with Crippen LogP contribution in [0.4, 0.5) is 0 Å². The Balaban J connectivity index is 1.52. The smallest absolute Gasteiger partial charge is 0.234 e. The van der Waals surface area contributed by atoms with Crippen molar-refractivity contribution in [3.05, 3.63) is 35.9 Å². The van der Waals surface area contributed by atoms with E-state index in [1.54, 1.807) is 0 Å². The molecule has 1 saturated carbocycles. The third-order valence-electron chi connectivity index (χ3n) is 5.80. The number of rotatable bonds is 7. The summed E-state index contributed by atoms with van der Waals surface area (Å²) < 4.78 is 0. The molecule has 0 aromatic heterocycles. The first-order valence-corrected chi connectivity index (χ1v) is 10.4. The van der Waals surface area contributed by atoms with Gasteiger partial charge in [-0.3, -0.25) is 9.69 Å². The van der Waals surface area contributed by atoms with Crippen LogP contribution in [0.5, 0.6) is 0 Å². The first-order valence-electron chi connectivity index (χ1n) is 10.4. The topological polar surface area (TPSA) is 35.6 Å². The Morgan fingerprint density at radius 2 is 1.65 bits per heavy atom. The fourth-order valence-corrected chi connectivity index (χ4v) is 4.49. The van der Waals surface area contributed by atoms with E-state index >= 15 is 0 Å². The van der Waals surface area contributed by atoms with E-state index in [0.29, 0.717) is 18.4 Å². The normalized spacial score (nSPS) is 21.2. The molecule has 1 atom stereocenters. The molecule has 4 nitrogen and oxygen atoms in total. The lowest BCUT2D eigenvalue weighted by atomic mass is 9.91. The maximum Gasteiger partial charge on any atom is 0.234 e. The number of nitrogens with one attached hydrogen (secondary N) is 1. The van der Waals surface area contributed by atoms with Crippen LogP contribution in [0.25, 0.3) is 0 Å². The van der Waals surface area contributed by atoms with E-state index in [1.807, 2.05) is 6.07 Å². The van der Waals surface area contributed by atoms with Gasteiger partial charge in [0.25, 0.3) is 0 Å². The lowest BCUT2D eigenvalue weighted by molar-refractivity contribution is -0.123. The molecule has 1 heterocycles. The molecule has 1 aliphatic carbocycles. The predicted octanol–water partition coefficient (Wildman–Crippen LogP) is 3.31. The molecular weight excluding hydrogens is 322 g/mol. The zero-order valence-corrected chi connectivity index (χ0v) is 16.5. The van der Waals surface area contributed by atoms with Gasteiger partial charge in [0.05, 0.1) is 12.6 Å². The van der Waals surface area contributed by atoms with Crippen LogP contribution in [0.15, 0.2) is 30.3 Å². The molecule has 1 N–H and O–H groups in total. The van der Waals surface area contributed by atoms with Crippen molar-refractivity contribution >= 4 is 5.91 Å². The summed E-state index contributed by atoms with van der Waals surface area (Å²) in [6.07, 6.45) is 5.05. The summed E-state index contributed by atoms with van der Waals surface area (Å²) >= 11 is 0. The second-order valence-electron chi connectivity index (χ2n) is 8.47. The molecule has 1 saturated heterocycles. The van der Waals surface area contributed by atoms with Crippen molar-refractivity contribution in [2.24, 2.45) is 11.8 Å². The quantitative estimate of drug-likeness (QED) is 0.813. The van der Waals surface area contributed by atoms with Crippen LogP contribution in [0.1, 0.15) is 51.1 Å². The summed E-state index contributed by atoms with van der Waals surface area (Å²) in [5, 5.41) is 3.37. The van der Waals surface area contributed by atoms with Gasteiger partial charge in [0, 0.05) is 32.7 Å². The number of amides is 1. The van der Waals surface area contributed by atoms with Crippen molar-refractivity contribution in [3.63, 3.8) is 0 Å². The Labute approximate surface area is 158 Å². The highest BCUT2D eigenvalue weighted by molar-refractivity contribution is 5.78. The van der Waals surface area contributed by atoms with Crippen molar-refractivity contribution < 1.29 is 4.79 Å². The molecule has 0 bridgehead atoms. The molecule has 3 rings (SSSR count). The van der Waals surface area contributed by atoms with Crippen molar-refractivity contribution in [1.29, 1.82) is 0 Å². The molecule has 144 valence electrons. The molecule has 1 amide bonds. The summed E-state index contributed by atoms with van der Waals surface area (Å²) in [5.74, 6) is 1.48. The van der Waals surface area contributed by atoms with Crippen molar-refractivity contribution in [2.45, 2.75) is 45.6 Å². The van der Waals surface area contributed by atoms with Crippen LogP contribution in [0, 0.1) is 11.8 Å². The van der Waals surface area contributed by atoms with Crippen LogP contribution < -0.4 is 5.32 Å². The van der Waals surface area contributed by atoms with Gasteiger partial charge >= 0.3 is 0 Å². The van der Waals surface area contributed by atoms with Crippen LogP contribution in [0.3, 0.4) is 0 Å². The largest absolute Gasteiger partial charge is 0.348 e. The average Bonchev–Trinajstić information content (AvgIpc) is 3.16. The van der Waals surface area contributed by atoms with E-state index < -0.39 is 0 Å². The zero-order chi connectivity index (χ0) is 18.4. The van der Waals surface area contributed by atoms with Crippen molar-refractivity contribution in [2.75, 3.05) is 39.3 Å². The predicted molar refractivity (Wildman–Crippen MR) is 107 cm³/mol. The third kappa shape index (κ3) is 5.55. The second kappa shape index (κ2) is 9.52. The van der Waals surface area contributed by atoms with Crippen LogP contribution >= 0.6 is 0 Å². The lowest BCUT2D eigenvalue weighted by Gasteiger charge is -2.35. The van der Waals surface area contributed by atoms with Gasteiger partial charge in [0.1, 0.15) is 0 Å². The number of nitrogens with zero attached hydrogens (tertiary/aromatic N) is 2. The van der Waals surface area contributed by atoms with E-state index in [-0.39, 0.29) is 11.9 Å². The lowest BCUT2D eigenvalue weighted by Crippen LogP contribution is -2.50. The number of carbonyl (C=O) groups excluding carboxylic acids is 1. The van der Waals surface area contributed by atoms with E-state index in [9.17, 15) is 4.79 Å². The highest BCUT2D eigenvalue weighted by Crippen LogP contribution is 2.35. The molecule has 0 spiro atoms. The first kappa shape index (κ1) is 19.4. The van der Waals surface area contributed by atoms with Gasteiger partial charge in [0.15, 0.2) is 0 Å². The minimum Gasteiger partial charge on any atom is -0.348 e. The number of hydrogen-bond acceptors (Lipinski definition) is 3. The number of benzene rings is 1. The Kier molecular flexibility index (Phi) is 7.09. The number of hydrogen-bond donors (Lipinski definition) is 1. The van der Waals surface area contributed by atoms with Crippen LogP contribution in [0.2, 0.25) is 0 Å². The Bertz CT molecular complexity index is 546. The molecule has 1 aromatic rings. The fraction of sp³-hybridized carbons (Fsp3) is 0.682. The molecule has 1 unspecified atom stereocenters. The maximum absolute atomic E-state index is 12.7. The molecule has 4 heteroatoms. The minimum atomic E-state index is 0.174. The molecule has 1 aliphatic heterocycles. The zero-order valence-electron chi connectivity index (χ0n) is 16.5. The van der Waals surface area contributed by atoms with Gasteiger partial charge in [-0.1, -0.05) is 57.0 Å². The molecule has 1 aromatic carbocycles. The monoisotopic (exact) mass is 357 g/mol. The van der Waals surface area contributed by atoms with Gasteiger partial charge in [-0.25, -0.2) is 0 Å².